The van der Waals surface area contributed by atoms with Gasteiger partial charge in [0.1, 0.15) is 17.3 Å². The van der Waals surface area contributed by atoms with Gasteiger partial charge in [-0.15, -0.1) is 0 Å². The predicted octanol–water partition coefficient (Wildman–Crippen LogP) is 5.45. The minimum Gasteiger partial charge on any atom is -0.494 e. The van der Waals surface area contributed by atoms with Crippen molar-refractivity contribution in [2.45, 2.75) is 13.5 Å². The number of thiazole rings is 1. The Kier molecular flexibility index (Phi) is 6.43. The molecule has 0 aliphatic carbocycles. The van der Waals surface area contributed by atoms with E-state index in [2.05, 4.69) is 4.98 Å². The number of hydrogen-bond donors (Lipinski definition) is 0. The van der Waals surface area contributed by atoms with Crippen molar-refractivity contribution in [3.05, 3.63) is 84.2 Å². The van der Waals surface area contributed by atoms with E-state index in [-0.39, 0.29) is 18.3 Å². The third-order valence-corrected chi connectivity index (χ3v) is 5.59. The second-order valence-electron chi connectivity index (χ2n) is 6.77. The molecule has 0 spiro atoms. The van der Waals surface area contributed by atoms with Gasteiger partial charge in [0, 0.05) is 0 Å². The average Bonchev–Trinajstić information content (AvgIpc) is 3.21. The Labute approximate surface area is 183 Å². The molecule has 4 aromatic rings. The molecule has 0 radical (unpaired) electrons. The van der Waals surface area contributed by atoms with Gasteiger partial charge in [-0.3, -0.25) is 9.69 Å². The van der Waals surface area contributed by atoms with Crippen LogP contribution in [0.5, 0.6) is 11.5 Å². The smallest absolute Gasteiger partial charge is 0.267 e. The van der Waals surface area contributed by atoms with Gasteiger partial charge in [-0.25, -0.2) is 9.37 Å². The van der Waals surface area contributed by atoms with Crippen LogP contribution in [0.25, 0.3) is 10.2 Å². The molecule has 0 fully saturated rings. The van der Waals surface area contributed by atoms with Gasteiger partial charge in [-0.2, -0.15) is 0 Å². The van der Waals surface area contributed by atoms with Gasteiger partial charge in [-0.05, 0) is 55.0 Å². The third-order valence-electron chi connectivity index (χ3n) is 4.55. The second-order valence-corrected chi connectivity index (χ2v) is 7.78. The van der Waals surface area contributed by atoms with Crippen LogP contribution in [0.4, 0.5) is 9.52 Å². The fourth-order valence-corrected chi connectivity index (χ4v) is 4.06. The van der Waals surface area contributed by atoms with Gasteiger partial charge >= 0.3 is 0 Å². The Bertz CT molecular complexity index is 1160. The summed E-state index contributed by atoms with van der Waals surface area (Å²) in [7, 11) is 0. The Hall–Kier alpha value is -3.45. The second kappa shape index (κ2) is 9.57. The number of carbonyl (C=O) groups excluding carboxylic acids is 1. The summed E-state index contributed by atoms with van der Waals surface area (Å²) in [4.78, 5) is 19.4. The molecular formula is C24H21FN2O3S. The number of rotatable bonds is 8. The highest BCUT2D eigenvalue weighted by atomic mass is 32.1. The molecule has 1 amide bonds. The number of nitrogens with zero attached hydrogens (tertiary/aromatic N) is 2. The Morgan fingerprint density at radius 2 is 1.74 bits per heavy atom. The molecule has 5 nitrogen and oxygen atoms in total. The van der Waals surface area contributed by atoms with E-state index in [1.54, 1.807) is 4.90 Å². The molecule has 0 N–H and O–H groups in total. The summed E-state index contributed by atoms with van der Waals surface area (Å²) in [6, 6.07) is 21.0. The van der Waals surface area contributed by atoms with E-state index in [0.29, 0.717) is 24.0 Å². The zero-order valence-corrected chi connectivity index (χ0v) is 17.8. The van der Waals surface area contributed by atoms with E-state index in [4.69, 9.17) is 9.47 Å². The van der Waals surface area contributed by atoms with E-state index in [0.717, 1.165) is 21.5 Å². The summed E-state index contributed by atoms with van der Waals surface area (Å²) in [5.74, 6) is 0.605. The highest BCUT2D eigenvalue weighted by molar-refractivity contribution is 7.22. The highest BCUT2D eigenvalue weighted by Crippen LogP contribution is 2.32. The topological polar surface area (TPSA) is 51.7 Å². The number of anilines is 1. The van der Waals surface area contributed by atoms with Crippen LogP contribution in [0.3, 0.4) is 0 Å². The fourth-order valence-electron chi connectivity index (χ4n) is 3.05. The monoisotopic (exact) mass is 436 g/mol. The van der Waals surface area contributed by atoms with Crippen molar-refractivity contribution in [3.63, 3.8) is 0 Å². The third kappa shape index (κ3) is 5.19. The first-order chi connectivity index (χ1) is 15.1. The molecule has 1 aromatic heterocycles. The number of hydrogen-bond acceptors (Lipinski definition) is 5. The molecule has 0 bridgehead atoms. The molecule has 7 heteroatoms. The molecule has 3 aromatic carbocycles. The van der Waals surface area contributed by atoms with Crippen molar-refractivity contribution in [1.82, 2.24) is 4.98 Å². The molecule has 0 atom stereocenters. The van der Waals surface area contributed by atoms with E-state index in [1.165, 1.54) is 35.6 Å². The summed E-state index contributed by atoms with van der Waals surface area (Å²) in [5.41, 5.74) is 1.78. The Morgan fingerprint density at radius 3 is 2.48 bits per heavy atom. The van der Waals surface area contributed by atoms with Crippen LogP contribution in [0, 0.1) is 5.82 Å². The van der Waals surface area contributed by atoms with Gasteiger partial charge in [-0.1, -0.05) is 41.7 Å². The fraction of sp³-hybridized carbons (Fsp3) is 0.167. The number of halogens is 1. The Balaban J connectivity index is 1.59. The molecule has 0 aliphatic heterocycles. The minimum atomic E-state index is -0.356. The molecule has 0 unspecified atom stereocenters. The van der Waals surface area contributed by atoms with E-state index in [1.807, 2.05) is 55.5 Å². The van der Waals surface area contributed by atoms with Gasteiger partial charge in [0.15, 0.2) is 11.7 Å². The van der Waals surface area contributed by atoms with Crippen LogP contribution < -0.4 is 14.4 Å². The number of fused-ring (bicyclic) bond motifs is 1. The molecule has 0 saturated carbocycles. The van der Waals surface area contributed by atoms with Crippen LogP contribution in [0.2, 0.25) is 0 Å². The standard InChI is InChI=1S/C24H21FN2O3S/c1-2-29-20-12-13-21-22(14-20)31-24(26-21)27(15-17-6-4-3-5-7-17)23(28)16-30-19-10-8-18(25)9-11-19/h3-14H,2,15-16H2,1H3. The van der Waals surface area contributed by atoms with Gasteiger partial charge in [0.05, 0.1) is 23.4 Å². The number of amides is 1. The van der Waals surface area contributed by atoms with E-state index < -0.39 is 0 Å². The maximum absolute atomic E-state index is 13.1. The zero-order chi connectivity index (χ0) is 21.6. The number of benzene rings is 3. The van der Waals surface area contributed by atoms with Crippen LogP contribution in [0.15, 0.2) is 72.8 Å². The van der Waals surface area contributed by atoms with Crippen molar-refractivity contribution in [1.29, 1.82) is 0 Å². The first kappa shape index (κ1) is 20.8. The maximum Gasteiger partial charge on any atom is 0.267 e. The quantitative estimate of drug-likeness (QED) is 0.369. The summed E-state index contributed by atoms with van der Waals surface area (Å²) in [5, 5.41) is 0.584. The SMILES string of the molecule is CCOc1ccc2nc(N(Cc3ccccc3)C(=O)COc3ccc(F)cc3)sc2c1. The molecule has 1 heterocycles. The largest absolute Gasteiger partial charge is 0.494 e. The molecule has 0 saturated heterocycles. The Morgan fingerprint density at radius 1 is 1.00 bits per heavy atom. The van der Waals surface area contributed by atoms with Crippen LogP contribution in [-0.2, 0) is 11.3 Å². The van der Waals surface area contributed by atoms with Crippen molar-refractivity contribution in [3.8, 4) is 11.5 Å². The van der Waals surface area contributed by atoms with Gasteiger partial charge in [0.2, 0.25) is 0 Å². The normalized spacial score (nSPS) is 10.8. The summed E-state index contributed by atoms with van der Waals surface area (Å²) in [6.45, 7) is 2.70. The summed E-state index contributed by atoms with van der Waals surface area (Å²) in [6.07, 6.45) is 0. The number of carbonyl (C=O) groups is 1. The van der Waals surface area contributed by atoms with Crippen LogP contribution in [0.1, 0.15) is 12.5 Å². The molecule has 158 valence electrons. The lowest BCUT2D eigenvalue weighted by Gasteiger charge is -2.20. The zero-order valence-electron chi connectivity index (χ0n) is 17.0. The predicted molar refractivity (Wildman–Crippen MR) is 120 cm³/mol. The molecule has 31 heavy (non-hydrogen) atoms. The molecule has 4 rings (SSSR count). The van der Waals surface area contributed by atoms with Crippen molar-refractivity contribution in [2.75, 3.05) is 18.1 Å². The maximum atomic E-state index is 13.1. The summed E-state index contributed by atoms with van der Waals surface area (Å²) < 4.78 is 25.2. The van der Waals surface area contributed by atoms with E-state index >= 15 is 0 Å². The van der Waals surface area contributed by atoms with Crippen molar-refractivity contribution < 1.29 is 18.7 Å². The highest BCUT2D eigenvalue weighted by Gasteiger charge is 2.21. The first-order valence-electron chi connectivity index (χ1n) is 9.88. The van der Waals surface area contributed by atoms with Crippen molar-refractivity contribution >= 4 is 32.6 Å². The minimum absolute atomic E-state index is 0.182. The molecule has 0 aliphatic rings. The summed E-state index contributed by atoms with van der Waals surface area (Å²) >= 11 is 1.43. The number of aromatic nitrogens is 1. The number of ether oxygens (including phenoxy) is 2. The lowest BCUT2D eigenvalue weighted by Crippen LogP contribution is -2.34. The first-order valence-corrected chi connectivity index (χ1v) is 10.7. The molecular weight excluding hydrogens is 415 g/mol. The van der Waals surface area contributed by atoms with E-state index in [9.17, 15) is 9.18 Å². The average molecular weight is 437 g/mol. The van der Waals surface area contributed by atoms with Crippen LogP contribution in [-0.4, -0.2) is 24.1 Å². The van der Waals surface area contributed by atoms with Crippen LogP contribution >= 0.6 is 11.3 Å². The lowest BCUT2D eigenvalue weighted by atomic mass is 10.2. The van der Waals surface area contributed by atoms with Gasteiger partial charge < -0.3 is 9.47 Å². The van der Waals surface area contributed by atoms with Crippen molar-refractivity contribution in [2.24, 2.45) is 0 Å². The van der Waals surface area contributed by atoms with Gasteiger partial charge in [0.25, 0.3) is 5.91 Å². The lowest BCUT2D eigenvalue weighted by molar-refractivity contribution is -0.120.